The summed E-state index contributed by atoms with van der Waals surface area (Å²) >= 11 is 0. The fourth-order valence-electron chi connectivity index (χ4n) is 2.68. The van der Waals surface area contributed by atoms with Crippen molar-refractivity contribution in [2.45, 2.75) is 32.5 Å². The highest BCUT2D eigenvalue weighted by Crippen LogP contribution is 2.34. The van der Waals surface area contributed by atoms with Gasteiger partial charge in [-0.3, -0.25) is 0 Å². The van der Waals surface area contributed by atoms with Gasteiger partial charge in [-0.05, 0) is 32.9 Å². The molecular formula is C17H25N3O4. The molecule has 0 bridgehead atoms. The molecule has 1 atom stereocenters. The number of carbonyl (C=O) groups excluding carboxylic acids is 1. The van der Waals surface area contributed by atoms with E-state index in [0.717, 1.165) is 23.7 Å². The van der Waals surface area contributed by atoms with Crippen LogP contribution in [0.4, 0.5) is 10.5 Å². The summed E-state index contributed by atoms with van der Waals surface area (Å²) in [6.45, 7) is 8.10. The van der Waals surface area contributed by atoms with Crippen molar-refractivity contribution in [3.05, 3.63) is 18.2 Å². The van der Waals surface area contributed by atoms with E-state index in [-0.39, 0.29) is 12.2 Å². The van der Waals surface area contributed by atoms with E-state index in [4.69, 9.17) is 14.2 Å². The summed E-state index contributed by atoms with van der Waals surface area (Å²) in [6.07, 6.45) is -0.502. The molecule has 0 aliphatic carbocycles. The predicted octanol–water partition coefficient (Wildman–Crippen LogP) is 2.02. The van der Waals surface area contributed by atoms with Crippen molar-refractivity contribution < 1.29 is 19.0 Å². The van der Waals surface area contributed by atoms with Crippen LogP contribution in [-0.2, 0) is 4.74 Å². The molecule has 7 nitrogen and oxygen atoms in total. The van der Waals surface area contributed by atoms with Crippen LogP contribution in [0.2, 0.25) is 0 Å². The number of nitrogens with zero attached hydrogens (tertiary/aromatic N) is 2. The zero-order valence-electron chi connectivity index (χ0n) is 14.7. The normalized spacial score (nSPS) is 20.4. The number of fused-ring (bicyclic) bond motifs is 1. The lowest BCUT2D eigenvalue weighted by Gasteiger charge is -2.28. The molecular weight excluding hydrogens is 310 g/mol. The quantitative estimate of drug-likeness (QED) is 0.892. The first-order chi connectivity index (χ1) is 11.3. The second kappa shape index (κ2) is 6.39. The minimum atomic E-state index is -0.513. The SMILES string of the molecule is CN1CCOc2ccc(O[C@H]3CNN(C(=O)OC(C)(C)C)C3)cc21. The molecule has 0 spiro atoms. The zero-order chi connectivity index (χ0) is 17.3. The lowest BCUT2D eigenvalue weighted by atomic mass is 10.2. The fraction of sp³-hybridized carbons (Fsp3) is 0.588. The van der Waals surface area contributed by atoms with Crippen LogP contribution in [0.5, 0.6) is 11.5 Å². The second-order valence-electron chi connectivity index (χ2n) is 7.09. The molecule has 1 fully saturated rings. The predicted molar refractivity (Wildman–Crippen MR) is 90.6 cm³/mol. The van der Waals surface area contributed by atoms with Crippen LogP contribution < -0.4 is 19.8 Å². The van der Waals surface area contributed by atoms with Crippen LogP contribution in [0.15, 0.2) is 18.2 Å². The Bertz CT molecular complexity index is 614. The Morgan fingerprint density at radius 3 is 2.92 bits per heavy atom. The van der Waals surface area contributed by atoms with Gasteiger partial charge in [-0.15, -0.1) is 0 Å². The Morgan fingerprint density at radius 2 is 2.17 bits per heavy atom. The van der Waals surface area contributed by atoms with Crippen molar-refractivity contribution >= 4 is 11.8 Å². The van der Waals surface area contributed by atoms with Crippen molar-refractivity contribution in [1.82, 2.24) is 10.4 Å². The van der Waals surface area contributed by atoms with E-state index in [0.29, 0.717) is 19.7 Å². The van der Waals surface area contributed by atoms with Gasteiger partial charge in [0.1, 0.15) is 29.8 Å². The lowest BCUT2D eigenvalue weighted by Crippen LogP contribution is -2.41. The van der Waals surface area contributed by atoms with Gasteiger partial charge in [0.25, 0.3) is 0 Å². The maximum Gasteiger partial charge on any atom is 0.424 e. The molecule has 0 aromatic heterocycles. The molecule has 0 saturated carbocycles. The molecule has 0 unspecified atom stereocenters. The maximum absolute atomic E-state index is 12.1. The molecule has 1 N–H and O–H groups in total. The highest BCUT2D eigenvalue weighted by atomic mass is 16.6. The van der Waals surface area contributed by atoms with E-state index < -0.39 is 5.60 Å². The highest BCUT2D eigenvalue weighted by Gasteiger charge is 2.31. The summed E-state index contributed by atoms with van der Waals surface area (Å²) < 4.78 is 17.0. The number of hydrazine groups is 1. The first-order valence-corrected chi connectivity index (χ1v) is 8.20. The Hall–Kier alpha value is -2.15. The van der Waals surface area contributed by atoms with Gasteiger partial charge in [-0.25, -0.2) is 15.2 Å². The molecule has 2 aliphatic rings. The standard InChI is InChI=1S/C17H25N3O4/c1-17(2,3)24-16(21)20-11-13(10-18-20)23-12-5-6-15-14(9-12)19(4)7-8-22-15/h5-6,9,13,18H,7-8,10-11H2,1-4H3/t13-/m0/s1. The first-order valence-electron chi connectivity index (χ1n) is 8.20. The molecule has 1 aromatic rings. The minimum Gasteiger partial charge on any atom is -0.490 e. The number of nitrogens with one attached hydrogen (secondary N) is 1. The van der Waals surface area contributed by atoms with Crippen LogP contribution in [0.1, 0.15) is 20.8 Å². The van der Waals surface area contributed by atoms with Crippen LogP contribution in [0, 0.1) is 0 Å². The number of hydrogen-bond donors (Lipinski definition) is 1. The molecule has 1 aromatic carbocycles. The van der Waals surface area contributed by atoms with Gasteiger partial charge in [0, 0.05) is 13.1 Å². The minimum absolute atomic E-state index is 0.120. The zero-order valence-corrected chi connectivity index (χ0v) is 14.7. The number of anilines is 1. The summed E-state index contributed by atoms with van der Waals surface area (Å²) in [6, 6.07) is 5.80. The van der Waals surface area contributed by atoms with E-state index in [1.165, 1.54) is 5.01 Å². The van der Waals surface area contributed by atoms with Gasteiger partial charge in [0.05, 0.1) is 25.3 Å². The van der Waals surface area contributed by atoms with Crippen molar-refractivity contribution in [2.24, 2.45) is 0 Å². The van der Waals surface area contributed by atoms with Gasteiger partial charge in [0.2, 0.25) is 0 Å². The van der Waals surface area contributed by atoms with Gasteiger partial charge in [-0.1, -0.05) is 0 Å². The van der Waals surface area contributed by atoms with E-state index in [9.17, 15) is 4.79 Å². The van der Waals surface area contributed by atoms with Crippen LogP contribution in [0.25, 0.3) is 0 Å². The highest BCUT2D eigenvalue weighted by molar-refractivity contribution is 5.68. The van der Waals surface area contributed by atoms with E-state index in [1.54, 1.807) is 0 Å². The summed E-state index contributed by atoms with van der Waals surface area (Å²) in [5.41, 5.74) is 3.53. The fourth-order valence-corrected chi connectivity index (χ4v) is 2.68. The van der Waals surface area contributed by atoms with Crippen molar-refractivity contribution in [1.29, 1.82) is 0 Å². The molecule has 1 amide bonds. The molecule has 0 radical (unpaired) electrons. The van der Waals surface area contributed by atoms with Crippen molar-refractivity contribution in [3.8, 4) is 11.5 Å². The molecule has 2 aliphatic heterocycles. The monoisotopic (exact) mass is 335 g/mol. The topological polar surface area (TPSA) is 63.3 Å². The summed E-state index contributed by atoms with van der Waals surface area (Å²) in [5.74, 6) is 1.64. The smallest absolute Gasteiger partial charge is 0.424 e. The Balaban J connectivity index is 1.60. The van der Waals surface area contributed by atoms with Crippen molar-refractivity contribution in [2.75, 3.05) is 38.2 Å². The van der Waals surface area contributed by atoms with Gasteiger partial charge < -0.3 is 19.1 Å². The number of rotatable bonds is 2. The summed E-state index contributed by atoms with van der Waals surface area (Å²) in [7, 11) is 2.03. The number of ether oxygens (including phenoxy) is 3. The molecule has 3 rings (SSSR count). The first kappa shape index (κ1) is 16.7. The van der Waals surface area contributed by atoms with Crippen LogP contribution in [0.3, 0.4) is 0 Å². The summed E-state index contributed by atoms with van der Waals surface area (Å²) in [4.78, 5) is 14.2. The molecule has 7 heteroatoms. The number of carbonyl (C=O) groups is 1. The third-order valence-corrected chi connectivity index (χ3v) is 3.84. The van der Waals surface area contributed by atoms with Crippen LogP contribution >= 0.6 is 0 Å². The Kier molecular flexibility index (Phi) is 4.45. The average molecular weight is 335 g/mol. The molecule has 132 valence electrons. The van der Waals surface area contributed by atoms with E-state index in [2.05, 4.69) is 10.3 Å². The maximum atomic E-state index is 12.1. The van der Waals surface area contributed by atoms with Gasteiger partial charge in [0.15, 0.2) is 0 Å². The van der Waals surface area contributed by atoms with Gasteiger partial charge in [-0.2, -0.15) is 0 Å². The molecule has 1 saturated heterocycles. The second-order valence-corrected chi connectivity index (χ2v) is 7.09. The number of likely N-dealkylation sites (N-methyl/N-ethyl adjacent to an activating group) is 1. The largest absolute Gasteiger partial charge is 0.490 e. The number of amides is 1. The Morgan fingerprint density at radius 1 is 1.38 bits per heavy atom. The third kappa shape index (κ3) is 3.84. The van der Waals surface area contributed by atoms with E-state index >= 15 is 0 Å². The lowest BCUT2D eigenvalue weighted by molar-refractivity contribution is 0.0196. The number of benzene rings is 1. The Labute approximate surface area is 142 Å². The van der Waals surface area contributed by atoms with Gasteiger partial charge >= 0.3 is 6.09 Å². The third-order valence-electron chi connectivity index (χ3n) is 3.84. The molecule has 2 heterocycles. The van der Waals surface area contributed by atoms with E-state index in [1.807, 2.05) is 46.0 Å². The molecule has 24 heavy (non-hydrogen) atoms. The summed E-state index contributed by atoms with van der Waals surface area (Å²) in [5, 5.41) is 1.46. The van der Waals surface area contributed by atoms with Crippen molar-refractivity contribution in [3.63, 3.8) is 0 Å². The average Bonchev–Trinajstić information content (AvgIpc) is 2.95. The van der Waals surface area contributed by atoms with Crippen LogP contribution in [-0.4, -0.2) is 56.1 Å². The number of hydrogen-bond acceptors (Lipinski definition) is 6.